The highest BCUT2D eigenvalue weighted by Crippen LogP contribution is 2.07. The molecule has 188 valence electrons. The molecule has 3 rings (SSSR count). The minimum absolute atomic E-state index is 0.0378. The Balaban J connectivity index is 1.61. The summed E-state index contributed by atoms with van der Waals surface area (Å²) in [4.78, 5) is 37.3. The van der Waals surface area contributed by atoms with Gasteiger partial charge in [-0.3, -0.25) is 4.79 Å². The molecular formula is C26H26N2O7S. The average molecular weight is 511 g/mol. The van der Waals surface area contributed by atoms with Gasteiger partial charge in [-0.05, 0) is 29.7 Å². The molecule has 3 aromatic rings. The van der Waals surface area contributed by atoms with Crippen LogP contribution in [0.1, 0.15) is 27.9 Å². The van der Waals surface area contributed by atoms with Crippen molar-refractivity contribution in [3.05, 3.63) is 108 Å². The number of hydrogen-bond acceptors (Lipinski definition) is 7. The fraction of sp³-hybridized carbons (Fsp3) is 0.192. The maximum absolute atomic E-state index is 12.7. The third-order valence-electron chi connectivity index (χ3n) is 4.97. The number of hydrogen-bond donors (Lipinski definition) is 2. The summed E-state index contributed by atoms with van der Waals surface area (Å²) in [6.45, 7) is -0.0989. The van der Waals surface area contributed by atoms with E-state index in [0.717, 1.165) is 11.1 Å². The number of nitrogens with one attached hydrogen (secondary N) is 2. The number of rotatable bonds is 11. The summed E-state index contributed by atoms with van der Waals surface area (Å²) in [6.07, 6.45) is -1.25. The molecule has 0 aromatic heterocycles. The molecule has 0 saturated carbocycles. The van der Waals surface area contributed by atoms with Gasteiger partial charge < -0.3 is 14.8 Å². The van der Waals surface area contributed by atoms with Gasteiger partial charge in [0.15, 0.2) is 0 Å². The third kappa shape index (κ3) is 8.88. The number of amides is 2. The Morgan fingerprint density at radius 1 is 0.722 bits per heavy atom. The van der Waals surface area contributed by atoms with E-state index < -0.39 is 39.8 Å². The minimum atomic E-state index is -4.12. The summed E-state index contributed by atoms with van der Waals surface area (Å²) >= 11 is 0. The molecule has 1 unspecified atom stereocenters. The molecule has 2 amide bonds. The van der Waals surface area contributed by atoms with Gasteiger partial charge in [0.05, 0.1) is 5.75 Å². The molecule has 0 spiro atoms. The lowest BCUT2D eigenvalue weighted by atomic mass is 10.2. The van der Waals surface area contributed by atoms with E-state index in [1.807, 2.05) is 16.9 Å². The van der Waals surface area contributed by atoms with Gasteiger partial charge in [-0.15, -0.1) is 0 Å². The second-order valence-electron chi connectivity index (χ2n) is 7.76. The van der Waals surface area contributed by atoms with Crippen molar-refractivity contribution in [2.24, 2.45) is 0 Å². The predicted molar refractivity (Wildman–Crippen MR) is 132 cm³/mol. The quantitative estimate of drug-likeness (QED) is 0.379. The van der Waals surface area contributed by atoms with Gasteiger partial charge in [0, 0.05) is 5.56 Å². The summed E-state index contributed by atoms with van der Waals surface area (Å²) in [5, 5.41) is 2.37. The Labute approximate surface area is 209 Å². The van der Waals surface area contributed by atoms with E-state index in [9.17, 15) is 22.8 Å². The normalized spacial score (nSPS) is 11.7. The Bertz CT molecular complexity index is 1250. The van der Waals surface area contributed by atoms with Crippen LogP contribution in [0, 0.1) is 0 Å². The highest BCUT2D eigenvalue weighted by molar-refractivity contribution is 7.90. The van der Waals surface area contributed by atoms with Crippen molar-refractivity contribution in [3.63, 3.8) is 0 Å². The van der Waals surface area contributed by atoms with Crippen molar-refractivity contribution >= 4 is 28.0 Å². The Morgan fingerprint density at radius 2 is 1.22 bits per heavy atom. The zero-order valence-corrected chi connectivity index (χ0v) is 20.1. The molecule has 1 atom stereocenters. The van der Waals surface area contributed by atoms with Gasteiger partial charge in [0.2, 0.25) is 10.0 Å². The fourth-order valence-electron chi connectivity index (χ4n) is 3.10. The summed E-state index contributed by atoms with van der Waals surface area (Å²) in [7, 11) is -4.12. The SMILES string of the molecule is O=C(NC(CCS(=O)(=O)NC(=O)c1ccccc1)C(=O)OCc1ccccc1)OCc1ccccc1. The topological polar surface area (TPSA) is 128 Å². The first-order valence-electron chi connectivity index (χ1n) is 11.1. The molecule has 36 heavy (non-hydrogen) atoms. The van der Waals surface area contributed by atoms with Crippen LogP contribution in [0.15, 0.2) is 91.0 Å². The number of ether oxygens (including phenoxy) is 2. The van der Waals surface area contributed by atoms with Gasteiger partial charge in [-0.1, -0.05) is 78.9 Å². The molecule has 0 fully saturated rings. The first-order chi connectivity index (χ1) is 17.3. The van der Waals surface area contributed by atoms with E-state index in [4.69, 9.17) is 9.47 Å². The summed E-state index contributed by atoms with van der Waals surface area (Å²) in [5.41, 5.74) is 1.63. The lowest BCUT2D eigenvalue weighted by Crippen LogP contribution is -2.44. The first kappa shape index (κ1) is 26.4. The number of alkyl carbamates (subject to hydrolysis) is 1. The van der Waals surface area contributed by atoms with E-state index in [-0.39, 0.29) is 25.2 Å². The Kier molecular flexibility index (Phi) is 9.58. The van der Waals surface area contributed by atoms with Gasteiger partial charge >= 0.3 is 12.1 Å². The Hall–Kier alpha value is -4.18. The molecule has 3 aromatic carbocycles. The predicted octanol–water partition coefficient (Wildman–Crippen LogP) is 3.17. The smallest absolute Gasteiger partial charge is 0.408 e. The summed E-state index contributed by atoms with van der Waals surface area (Å²) in [5.74, 6) is -2.25. The maximum Gasteiger partial charge on any atom is 0.408 e. The minimum Gasteiger partial charge on any atom is -0.459 e. The highest BCUT2D eigenvalue weighted by Gasteiger charge is 2.26. The van der Waals surface area contributed by atoms with Crippen molar-refractivity contribution in [3.8, 4) is 0 Å². The monoisotopic (exact) mass is 510 g/mol. The standard InChI is InChI=1S/C26H26N2O7S/c29-24(22-14-8-3-9-15-22)28-36(32,33)17-16-23(25(30)34-18-20-10-4-1-5-11-20)27-26(31)35-19-21-12-6-2-7-13-21/h1-15,23H,16-19H2,(H,27,31)(H,28,29). The van der Waals surface area contributed by atoms with Gasteiger partial charge in [0.1, 0.15) is 19.3 Å². The molecule has 9 nitrogen and oxygen atoms in total. The van der Waals surface area contributed by atoms with E-state index in [1.54, 1.807) is 66.7 Å². The van der Waals surface area contributed by atoms with Crippen molar-refractivity contribution in [2.75, 3.05) is 5.75 Å². The van der Waals surface area contributed by atoms with Crippen LogP contribution in [0.4, 0.5) is 4.79 Å². The molecular weight excluding hydrogens is 484 g/mol. The second-order valence-corrected chi connectivity index (χ2v) is 9.60. The summed E-state index contributed by atoms with van der Waals surface area (Å²) in [6, 6.07) is 24.3. The molecule has 0 aliphatic carbocycles. The highest BCUT2D eigenvalue weighted by atomic mass is 32.2. The molecule has 2 N–H and O–H groups in total. The van der Waals surface area contributed by atoms with Crippen molar-refractivity contribution < 1.29 is 32.3 Å². The van der Waals surface area contributed by atoms with Crippen LogP contribution in [-0.4, -0.2) is 38.2 Å². The van der Waals surface area contributed by atoms with Crippen LogP contribution in [0.2, 0.25) is 0 Å². The molecule has 0 bridgehead atoms. The number of benzene rings is 3. The van der Waals surface area contributed by atoms with E-state index in [1.165, 1.54) is 12.1 Å². The zero-order valence-electron chi connectivity index (χ0n) is 19.3. The second kappa shape index (κ2) is 13.1. The molecule has 0 radical (unpaired) electrons. The Morgan fingerprint density at radius 3 is 1.78 bits per heavy atom. The van der Waals surface area contributed by atoms with E-state index in [0.29, 0.717) is 0 Å². The molecule has 0 aliphatic rings. The maximum atomic E-state index is 12.7. The fourth-order valence-corrected chi connectivity index (χ4v) is 4.15. The number of sulfonamides is 1. The van der Waals surface area contributed by atoms with Crippen LogP contribution in [-0.2, 0) is 37.5 Å². The van der Waals surface area contributed by atoms with E-state index >= 15 is 0 Å². The molecule has 0 heterocycles. The third-order valence-corrected chi connectivity index (χ3v) is 6.24. The van der Waals surface area contributed by atoms with E-state index in [2.05, 4.69) is 5.32 Å². The molecule has 0 saturated heterocycles. The lowest BCUT2D eigenvalue weighted by Gasteiger charge is -2.18. The average Bonchev–Trinajstić information content (AvgIpc) is 2.90. The summed E-state index contributed by atoms with van der Waals surface area (Å²) < 4.78 is 37.4. The molecule has 10 heteroatoms. The molecule has 0 aliphatic heterocycles. The van der Waals surface area contributed by atoms with Crippen LogP contribution < -0.4 is 10.0 Å². The van der Waals surface area contributed by atoms with Gasteiger partial charge in [-0.25, -0.2) is 22.7 Å². The lowest BCUT2D eigenvalue weighted by molar-refractivity contribution is -0.147. The number of carbonyl (C=O) groups excluding carboxylic acids is 3. The van der Waals surface area contributed by atoms with Crippen LogP contribution in [0.25, 0.3) is 0 Å². The van der Waals surface area contributed by atoms with Gasteiger partial charge in [0.25, 0.3) is 5.91 Å². The zero-order chi connectivity index (χ0) is 25.8. The van der Waals surface area contributed by atoms with Crippen molar-refractivity contribution in [1.82, 2.24) is 10.0 Å². The first-order valence-corrected chi connectivity index (χ1v) is 12.8. The number of carbonyl (C=O) groups is 3. The van der Waals surface area contributed by atoms with Crippen LogP contribution in [0.3, 0.4) is 0 Å². The van der Waals surface area contributed by atoms with Gasteiger partial charge in [-0.2, -0.15) is 0 Å². The number of esters is 1. The largest absolute Gasteiger partial charge is 0.459 e. The van der Waals surface area contributed by atoms with Crippen molar-refractivity contribution in [2.45, 2.75) is 25.7 Å². The van der Waals surface area contributed by atoms with Crippen molar-refractivity contribution in [1.29, 1.82) is 0 Å². The van der Waals surface area contributed by atoms with Crippen LogP contribution in [0.5, 0.6) is 0 Å². The van der Waals surface area contributed by atoms with Crippen LogP contribution >= 0.6 is 0 Å².